The average molecular weight is 798 g/mol. The van der Waals surface area contributed by atoms with Crippen LogP contribution >= 0.6 is 17.0 Å². The van der Waals surface area contributed by atoms with E-state index in [1.165, 1.54) is 138 Å². The second-order valence-corrected chi connectivity index (χ2v) is 17.6. The van der Waals surface area contributed by atoms with Crippen molar-refractivity contribution in [2.75, 3.05) is 0 Å². The summed E-state index contributed by atoms with van der Waals surface area (Å²) in [7, 11) is 9.87. The van der Waals surface area contributed by atoms with Gasteiger partial charge in [-0.15, -0.1) is 55.9 Å². The Morgan fingerprint density at radius 3 is 1.12 bits per heavy atom. The van der Waals surface area contributed by atoms with Crippen LogP contribution in [0, 0.1) is 62.3 Å². The van der Waals surface area contributed by atoms with Gasteiger partial charge in [0.15, 0.2) is 0 Å². The number of halogens is 2. The van der Waals surface area contributed by atoms with Gasteiger partial charge in [-0.1, -0.05) is 146 Å². The Hall–Kier alpha value is -2.44. The van der Waals surface area contributed by atoms with E-state index in [0.29, 0.717) is 0 Å². The van der Waals surface area contributed by atoms with Gasteiger partial charge in [-0.3, -0.25) is 0 Å². The van der Waals surface area contributed by atoms with Crippen molar-refractivity contribution in [3.63, 3.8) is 0 Å². The summed E-state index contributed by atoms with van der Waals surface area (Å²) < 4.78 is 0. The molecule has 6 aromatic rings. The zero-order valence-corrected chi connectivity index (χ0v) is 37.1. The van der Waals surface area contributed by atoms with Crippen molar-refractivity contribution in [3.8, 4) is 22.3 Å². The molecule has 0 nitrogen and oxygen atoms in total. The van der Waals surface area contributed by atoms with Gasteiger partial charge in [0.2, 0.25) is 0 Å². The van der Waals surface area contributed by atoms with Gasteiger partial charge in [0.1, 0.15) is 0 Å². The normalized spacial score (nSPS) is 10.6. The fourth-order valence-electron chi connectivity index (χ4n) is 7.15. The van der Waals surface area contributed by atoms with E-state index in [1.807, 2.05) is 0 Å². The summed E-state index contributed by atoms with van der Waals surface area (Å²) in [5, 5.41) is 5.74. The van der Waals surface area contributed by atoms with Gasteiger partial charge in [0, 0.05) is 0 Å². The molecular formula is C48H59Cl2Zr-3. The molecule has 0 aliphatic carbocycles. The number of aryl methyl sites for hydroxylation is 6. The van der Waals surface area contributed by atoms with Crippen LogP contribution in [0.4, 0.5) is 0 Å². The van der Waals surface area contributed by atoms with E-state index in [0.717, 1.165) is 0 Å². The van der Waals surface area contributed by atoms with Crippen molar-refractivity contribution in [1.82, 2.24) is 0 Å². The van der Waals surface area contributed by atoms with E-state index in [4.69, 9.17) is 17.0 Å². The van der Waals surface area contributed by atoms with Gasteiger partial charge < -0.3 is 6.92 Å². The van der Waals surface area contributed by atoms with E-state index < -0.39 is 20.8 Å². The molecule has 0 bridgehead atoms. The number of hydrogen-bond donors (Lipinski definition) is 0. The van der Waals surface area contributed by atoms with Gasteiger partial charge in [-0.05, 0) is 65.5 Å². The molecule has 0 aromatic heterocycles. The fourth-order valence-corrected chi connectivity index (χ4v) is 7.15. The third kappa shape index (κ3) is 10.4. The first-order chi connectivity index (χ1) is 24.5. The summed E-state index contributed by atoms with van der Waals surface area (Å²) >= 11 is -0.826. The Labute approximate surface area is 329 Å². The van der Waals surface area contributed by atoms with Crippen molar-refractivity contribution in [2.24, 2.45) is 0 Å². The molecule has 0 spiro atoms. The summed E-state index contributed by atoms with van der Waals surface area (Å²) in [5.74, 6) is 0. The van der Waals surface area contributed by atoms with E-state index in [-0.39, 0.29) is 0 Å². The molecule has 0 amide bonds. The fraction of sp³-hybridized carbons (Fsp3) is 0.354. The van der Waals surface area contributed by atoms with Crippen LogP contribution in [0.2, 0.25) is 0 Å². The van der Waals surface area contributed by atoms with Crippen LogP contribution in [-0.4, -0.2) is 0 Å². The Bertz CT molecular complexity index is 1840. The molecule has 272 valence electrons. The monoisotopic (exact) mass is 795 g/mol. The van der Waals surface area contributed by atoms with Crippen LogP contribution in [0.3, 0.4) is 0 Å². The predicted molar refractivity (Wildman–Crippen MR) is 228 cm³/mol. The number of fused-ring (bicyclic) bond motifs is 2. The van der Waals surface area contributed by atoms with E-state index in [1.54, 1.807) is 6.92 Å². The van der Waals surface area contributed by atoms with E-state index in [9.17, 15) is 0 Å². The maximum absolute atomic E-state index is 4.93. The summed E-state index contributed by atoms with van der Waals surface area (Å²) in [6.07, 6.45) is 7.43. The Morgan fingerprint density at radius 2 is 0.824 bits per heavy atom. The summed E-state index contributed by atoms with van der Waals surface area (Å²) in [4.78, 5) is 0. The van der Waals surface area contributed by atoms with Crippen molar-refractivity contribution < 1.29 is 20.8 Å². The van der Waals surface area contributed by atoms with Gasteiger partial charge in [-0.25, -0.2) is 0 Å². The molecule has 0 unspecified atom stereocenters. The van der Waals surface area contributed by atoms with Crippen LogP contribution in [0.25, 0.3) is 43.8 Å². The third-order valence-corrected chi connectivity index (χ3v) is 10.6. The SMILES string of the molecule is CCCCc1cc2c(-c3ccc(C)cc3)c(C)c(C)c(C)c2[cH-]1.CCCCc1cc2c(-c3ccc(C)cc3)c(C)c(C)c(C)c2[cH-]1.[CH2-]C.[Cl][Zr][Cl]. The van der Waals surface area contributed by atoms with Crippen LogP contribution in [0.1, 0.15) is 102 Å². The van der Waals surface area contributed by atoms with Gasteiger partial charge >= 0.3 is 37.9 Å². The molecule has 0 aliphatic heterocycles. The van der Waals surface area contributed by atoms with Crippen LogP contribution < -0.4 is 0 Å². The predicted octanol–water partition coefficient (Wildman–Crippen LogP) is 15.8. The maximum atomic E-state index is 4.93. The molecule has 0 heterocycles. The van der Waals surface area contributed by atoms with Crippen molar-refractivity contribution in [3.05, 3.63) is 135 Å². The minimum absolute atomic E-state index is 0.826. The van der Waals surface area contributed by atoms with Crippen LogP contribution in [0.5, 0.6) is 0 Å². The molecule has 0 saturated heterocycles. The molecule has 0 aliphatic rings. The molecule has 6 rings (SSSR count). The molecule has 0 N–H and O–H groups in total. The first-order valence-electron chi connectivity index (χ1n) is 18.7. The van der Waals surface area contributed by atoms with Crippen LogP contribution in [-0.2, 0) is 33.7 Å². The summed E-state index contributed by atoms with van der Waals surface area (Å²) in [5.41, 5.74) is 19.7. The summed E-state index contributed by atoms with van der Waals surface area (Å²) in [6, 6.07) is 27.7. The van der Waals surface area contributed by atoms with Gasteiger partial charge in [0.25, 0.3) is 0 Å². The van der Waals surface area contributed by atoms with Gasteiger partial charge in [-0.2, -0.15) is 19.1 Å². The number of benzene rings is 4. The quantitative estimate of drug-likeness (QED) is 0.135. The zero-order valence-electron chi connectivity index (χ0n) is 33.1. The van der Waals surface area contributed by atoms with E-state index in [2.05, 4.69) is 149 Å². The Morgan fingerprint density at radius 1 is 0.510 bits per heavy atom. The standard InChI is InChI=1S/2C23H27.C2H5.2ClH.Zr/c2*1-6-7-8-19-13-21-17(4)16(3)18(5)23(22(21)14-19)20-11-9-15(2)10-12-20;1-2;;;/h2*9-14H,6-8H2,1-5H3;1H2,2H3;2*1H;/q3*-1;;;+2/p-2. The van der Waals surface area contributed by atoms with Crippen molar-refractivity contribution in [2.45, 2.75) is 115 Å². The third-order valence-electron chi connectivity index (χ3n) is 10.6. The minimum atomic E-state index is -0.826. The Kier molecular flexibility index (Phi) is 17.5. The first kappa shape index (κ1) is 43.0. The average Bonchev–Trinajstić information content (AvgIpc) is 3.76. The molecule has 0 radical (unpaired) electrons. The second kappa shape index (κ2) is 20.7. The van der Waals surface area contributed by atoms with Crippen LogP contribution in [0.15, 0.2) is 72.8 Å². The summed E-state index contributed by atoms with van der Waals surface area (Å²) in [6.45, 7) is 27.4. The molecule has 0 atom stereocenters. The molecule has 51 heavy (non-hydrogen) atoms. The number of rotatable bonds is 8. The topological polar surface area (TPSA) is 0 Å². The zero-order chi connectivity index (χ0) is 37.8. The molecule has 6 aromatic carbocycles. The van der Waals surface area contributed by atoms with Crippen molar-refractivity contribution in [1.29, 1.82) is 0 Å². The van der Waals surface area contributed by atoms with E-state index >= 15 is 0 Å². The van der Waals surface area contributed by atoms with Crippen molar-refractivity contribution >= 4 is 38.6 Å². The molecule has 0 saturated carbocycles. The number of hydrogen-bond acceptors (Lipinski definition) is 0. The molecule has 3 heteroatoms. The molecule has 0 fully saturated rings. The Balaban J connectivity index is 0.000000245. The second-order valence-electron chi connectivity index (χ2n) is 13.9. The molecular weight excluding hydrogens is 739 g/mol. The first-order valence-corrected chi connectivity index (χ1v) is 25.0. The number of unbranched alkanes of at least 4 members (excludes halogenated alkanes) is 2. The van der Waals surface area contributed by atoms with Gasteiger partial charge in [0.05, 0.1) is 0 Å².